The van der Waals surface area contributed by atoms with Gasteiger partial charge in [0.1, 0.15) is 0 Å². The second kappa shape index (κ2) is 7.51. The van der Waals surface area contributed by atoms with Crippen LogP contribution in [0.3, 0.4) is 0 Å². The molecule has 4 N–H and O–H groups in total. The highest BCUT2D eigenvalue weighted by atomic mass is 16.7. The summed E-state index contributed by atoms with van der Waals surface area (Å²) in [6, 6.07) is 1.03. The van der Waals surface area contributed by atoms with E-state index in [1.165, 1.54) is 25.7 Å². The fourth-order valence-corrected chi connectivity index (χ4v) is 5.07. The Hall–Kier alpha value is -0.690. The van der Waals surface area contributed by atoms with Gasteiger partial charge in [-0.05, 0) is 75.4 Å². The largest absolute Gasteiger partial charge is 0.349 e. The Labute approximate surface area is 151 Å². The number of amides is 1. The number of nitrogens with one attached hydrogen (secondary N) is 4. The van der Waals surface area contributed by atoms with Crippen molar-refractivity contribution in [1.29, 1.82) is 0 Å². The van der Waals surface area contributed by atoms with Gasteiger partial charge in [0.2, 0.25) is 0 Å². The van der Waals surface area contributed by atoms with Crippen molar-refractivity contribution in [3.05, 3.63) is 0 Å². The third-order valence-electron chi connectivity index (χ3n) is 6.80. The molecule has 3 saturated heterocycles. The van der Waals surface area contributed by atoms with Gasteiger partial charge in [0, 0.05) is 18.1 Å². The molecule has 3 aliphatic heterocycles. The van der Waals surface area contributed by atoms with Crippen LogP contribution in [-0.4, -0.2) is 49.8 Å². The molecule has 3 heterocycles. The lowest BCUT2D eigenvalue weighted by Gasteiger charge is -2.43. The van der Waals surface area contributed by atoms with Crippen LogP contribution in [0.5, 0.6) is 0 Å². The zero-order valence-electron chi connectivity index (χ0n) is 15.6. The summed E-state index contributed by atoms with van der Waals surface area (Å²) < 4.78 is 0. The van der Waals surface area contributed by atoms with Gasteiger partial charge in [-0.3, -0.25) is 9.63 Å². The molecule has 7 unspecified atom stereocenters. The van der Waals surface area contributed by atoms with Crippen LogP contribution in [0.25, 0.3) is 0 Å². The fourth-order valence-electron chi connectivity index (χ4n) is 5.07. The van der Waals surface area contributed by atoms with Gasteiger partial charge in [-0.1, -0.05) is 13.8 Å². The maximum Gasteiger partial charge on any atom is 0.251 e. The average Bonchev–Trinajstić information content (AvgIpc) is 3.45. The van der Waals surface area contributed by atoms with Gasteiger partial charge < -0.3 is 16.0 Å². The Morgan fingerprint density at radius 3 is 2.76 bits per heavy atom. The number of hydrogen-bond donors (Lipinski definition) is 4. The van der Waals surface area contributed by atoms with Crippen LogP contribution >= 0.6 is 0 Å². The molecule has 0 aromatic rings. The number of hydroxylamine groups is 1. The summed E-state index contributed by atoms with van der Waals surface area (Å²) in [5, 5.41) is 10.5. The third-order valence-corrected chi connectivity index (χ3v) is 6.80. The summed E-state index contributed by atoms with van der Waals surface area (Å²) in [5.41, 5.74) is 3.19. The zero-order valence-corrected chi connectivity index (χ0v) is 15.6. The predicted molar refractivity (Wildman–Crippen MR) is 96.8 cm³/mol. The first kappa shape index (κ1) is 17.7. The van der Waals surface area contributed by atoms with Crippen molar-refractivity contribution in [3.8, 4) is 0 Å². The van der Waals surface area contributed by atoms with E-state index in [4.69, 9.17) is 4.84 Å². The molecule has 142 valence electrons. The molecule has 25 heavy (non-hydrogen) atoms. The number of carbonyl (C=O) groups is 1. The number of hydrogen-bond acceptors (Lipinski definition) is 5. The standard InChI is InChI=1S/C19H34N4O2/c1-11-4-3-7-21-17(11)18(13-5-6-13)22-19(24)15-8-14-10-20-9-12(2)16(14)23-25-15/h11-18,20-21,23H,3-10H2,1-2H3,(H,22,24). The number of carbonyl (C=O) groups excluding carboxylic acids is 1. The van der Waals surface area contributed by atoms with Crippen molar-refractivity contribution in [2.45, 2.75) is 70.2 Å². The highest BCUT2D eigenvalue weighted by Gasteiger charge is 2.43. The van der Waals surface area contributed by atoms with Crippen molar-refractivity contribution in [2.75, 3.05) is 19.6 Å². The smallest absolute Gasteiger partial charge is 0.251 e. The quantitative estimate of drug-likeness (QED) is 0.603. The first-order valence-electron chi connectivity index (χ1n) is 10.3. The normalized spacial score (nSPS) is 43.1. The number of rotatable bonds is 4. The Morgan fingerprint density at radius 2 is 2.00 bits per heavy atom. The van der Waals surface area contributed by atoms with Gasteiger partial charge >= 0.3 is 0 Å². The summed E-state index contributed by atoms with van der Waals surface area (Å²) in [6.45, 7) is 7.62. The van der Waals surface area contributed by atoms with Crippen molar-refractivity contribution in [1.82, 2.24) is 21.4 Å². The molecule has 6 nitrogen and oxygen atoms in total. The monoisotopic (exact) mass is 350 g/mol. The summed E-state index contributed by atoms with van der Waals surface area (Å²) >= 11 is 0. The van der Waals surface area contributed by atoms with Crippen LogP contribution in [-0.2, 0) is 9.63 Å². The minimum Gasteiger partial charge on any atom is -0.349 e. The van der Waals surface area contributed by atoms with E-state index in [9.17, 15) is 4.79 Å². The number of piperidine rings is 2. The highest BCUT2D eigenvalue weighted by molar-refractivity contribution is 5.81. The average molecular weight is 351 g/mol. The second-order valence-electron chi connectivity index (χ2n) is 8.85. The topological polar surface area (TPSA) is 74.4 Å². The molecule has 1 amide bonds. The summed E-state index contributed by atoms with van der Waals surface area (Å²) in [5.74, 6) is 2.34. The van der Waals surface area contributed by atoms with Gasteiger partial charge in [0.15, 0.2) is 6.10 Å². The third kappa shape index (κ3) is 3.87. The van der Waals surface area contributed by atoms with E-state index in [2.05, 4.69) is 35.3 Å². The SMILES string of the molecule is CC1CNCC2CC(C(=O)NC(C3CC3)C3NCCCC3C)ONC12. The molecule has 0 aromatic carbocycles. The van der Waals surface area contributed by atoms with E-state index in [1.807, 2.05) is 0 Å². The molecule has 0 spiro atoms. The van der Waals surface area contributed by atoms with Crippen molar-refractivity contribution in [3.63, 3.8) is 0 Å². The van der Waals surface area contributed by atoms with Crippen LogP contribution in [0.1, 0.15) is 46.0 Å². The fraction of sp³-hybridized carbons (Fsp3) is 0.947. The van der Waals surface area contributed by atoms with Crippen LogP contribution < -0.4 is 21.4 Å². The predicted octanol–water partition coefficient (Wildman–Crippen LogP) is 0.787. The van der Waals surface area contributed by atoms with E-state index < -0.39 is 0 Å². The maximum absolute atomic E-state index is 12.9. The molecular weight excluding hydrogens is 316 g/mol. The zero-order chi connectivity index (χ0) is 17.4. The molecule has 0 radical (unpaired) electrons. The van der Waals surface area contributed by atoms with Gasteiger partial charge in [-0.2, -0.15) is 5.48 Å². The van der Waals surface area contributed by atoms with Crippen LogP contribution in [0.4, 0.5) is 0 Å². The van der Waals surface area contributed by atoms with Crippen LogP contribution in [0.2, 0.25) is 0 Å². The summed E-state index contributed by atoms with van der Waals surface area (Å²) in [4.78, 5) is 18.7. The van der Waals surface area contributed by atoms with Crippen LogP contribution in [0.15, 0.2) is 0 Å². The molecule has 4 rings (SSSR count). The Balaban J connectivity index is 1.37. The van der Waals surface area contributed by atoms with Gasteiger partial charge in [-0.15, -0.1) is 0 Å². The molecule has 6 heteroatoms. The Kier molecular flexibility index (Phi) is 5.32. The van der Waals surface area contributed by atoms with Gasteiger partial charge in [0.25, 0.3) is 5.91 Å². The van der Waals surface area contributed by atoms with Gasteiger partial charge in [0.05, 0.1) is 0 Å². The Bertz CT molecular complexity index is 484. The van der Waals surface area contributed by atoms with E-state index in [0.29, 0.717) is 35.8 Å². The van der Waals surface area contributed by atoms with E-state index >= 15 is 0 Å². The van der Waals surface area contributed by atoms with Crippen molar-refractivity contribution >= 4 is 5.91 Å². The lowest BCUT2D eigenvalue weighted by Crippen LogP contribution is -2.62. The maximum atomic E-state index is 12.9. The molecule has 0 aromatic heterocycles. The minimum absolute atomic E-state index is 0.0700. The molecule has 7 atom stereocenters. The van der Waals surface area contributed by atoms with Crippen molar-refractivity contribution in [2.24, 2.45) is 23.7 Å². The van der Waals surface area contributed by atoms with E-state index in [-0.39, 0.29) is 18.1 Å². The second-order valence-corrected chi connectivity index (χ2v) is 8.85. The lowest BCUT2D eigenvalue weighted by atomic mass is 9.81. The first-order chi connectivity index (χ1) is 12.1. The first-order valence-corrected chi connectivity index (χ1v) is 10.3. The number of fused-ring (bicyclic) bond motifs is 1. The molecule has 4 fully saturated rings. The molecule has 0 bridgehead atoms. The molecule has 1 aliphatic carbocycles. The molecule has 4 aliphatic rings. The van der Waals surface area contributed by atoms with Gasteiger partial charge in [-0.25, -0.2) is 0 Å². The highest BCUT2D eigenvalue weighted by Crippen LogP contribution is 2.37. The van der Waals surface area contributed by atoms with E-state index in [1.54, 1.807) is 0 Å². The minimum atomic E-state index is -0.367. The molecular formula is C19H34N4O2. The summed E-state index contributed by atoms with van der Waals surface area (Å²) in [6.07, 6.45) is 5.43. The Morgan fingerprint density at radius 1 is 1.16 bits per heavy atom. The van der Waals surface area contributed by atoms with E-state index in [0.717, 1.165) is 26.1 Å². The lowest BCUT2D eigenvalue weighted by molar-refractivity contribution is -0.158. The van der Waals surface area contributed by atoms with Crippen LogP contribution in [0, 0.1) is 23.7 Å². The molecule has 1 saturated carbocycles. The van der Waals surface area contributed by atoms with Crippen molar-refractivity contribution < 1.29 is 9.63 Å². The summed E-state index contributed by atoms with van der Waals surface area (Å²) in [7, 11) is 0.